The van der Waals surface area contributed by atoms with Crippen molar-refractivity contribution in [3.05, 3.63) is 29.8 Å². The molecule has 13 heteroatoms. The molecule has 1 saturated heterocycles. The van der Waals surface area contributed by atoms with Crippen LogP contribution in [0.15, 0.2) is 29.4 Å². The average Bonchev–Trinajstić information content (AvgIpc) is 2.66. The van der Waals surface area contributed by atoms with Gasteiger partial charge in [0.15, 0.2) is 0 Å². The first-order chi connectivity index (χ1) is 13.2. The third-order valence-electron chi connectivity index (χ3n) is 3.87. The van der Waals surface area contributed by atoms with Crippen molar-refractivity contribution in [2.24, 2.45) is 5.16 Å². The van der Waals surface area contributed by atoms with Gasteiger partial charge in [0.1, 0.15) is 40.6 Å². The Kier molecular flexibility index (Phi) is 8.03. The van der Waals surface area contributed by atoms with Crippen LogP contribution in [0.1, 0.15) is 5.56 Å². The number of thioether (sulfide) groups is 1. The van der Waals surface area contributed by atoms with Gasteiger partial charge in [0.2, 0.25) is 0 Å². The molecule has 158 valence electrons. The Morgan fingerprint density at radius 2 is 1.89 bits per heavy atom. The summed E-state index contributed by atoms with van der Waals surface area (Å²) >= 11 is 0.693. The molecule has 5 N–H and O–H groups in total. The molecule has 0 unspecified atom stereocenters. The highest BCUT2D eigenvalue weighted by atomic mass is 32.3. The van der Waals surface area contributed by atoms with Crippen LogP contribution in [0, 0.1) is 0 Å². The Morgan fingerprint density at radius 3 is 2.50 bits per heavy atom. The number of aliphatic hydroxyl groups excluding tert-OH is 4. The maximum atomic E-state index is 10.9. The molecule has 0 bridgehead atoms. The lowest BCUT2D eigenvalue weighted by atomic mass is 10.0. The molecule has 0 aliphatic carbocycles. The highest BCUT2D eigenvalue weighted by molar-refractivity contribution is 8.14. The predicted molar refractivity (Wildman–Crippen MR) is 98.1 cm³/mol. The minimum atomic E-state index is -4.88. The van der Waals surface area contributed by atoms with Crippen LogP contribution >= 0.6 is 11.8 Å². The smallest absolute Gasteiger partial charge is 0.466 e. The van der Waals surface area contributed by atoms with E-state index < -0.39 is 46.9 Å². The third-order valence-corrected chi connectivity index (χ3v) is 5.24. The first-order valence-electron chi connectivity index (χ1n) is 7.98. The topological polar surface area (TPSA) is 175 Å². The molecule has 0 amide bonds. The molecule has 5 atom stereocenters. The molecule has 0 spiro atoms. The molecule has 1 aromatic carbocycles. The van der Waals surface area contributed by atoms with Gasteiger partial charge in [0.05, 0.1) is 13.7 Å². The van der Waals surface area contributed by atoms with E-state index in [2.05, 4.69) is 9.44 Å². The van der Waals surface area contributed by atoms with E-state index in [1.807, 2.05) is 0 Å². The summed E-state index contributed by atoms with van der Waals surface area (Å²) in [5.41, 5.74) is -0.631. The number of oxime groups is 1. The normalized spacial score (nSPS) is 28.8. The first kappa shape index (κ1) is 22.8. The molecule has 1 aliphatic rings. The highest BCUT2D eigenvalue weighted by Gasteiger charge is 2.44. The summed E-state index contributed by atoms with van der Waals surface area (Å²) in [4.78, 5) is 0. The monoisotopic (exact) mass is 439 g/mol. The first-order valence-corrected chi connectivity index (χ1v) is 10.2. The standard InChI is InChI=1S/C15H21NO10S2/c1-24-9-5-3-2-4-8(9)6-11(16-26-28(21,22)23)27-15-14(20)13(19)12(18)10(7-17)25-15/h2-5,10,12-15,17-20H,6-7H2,1H3,(H,21,22,23)/b16-11+/t10-,12-,13+,14-,15-/m1/s1. The van der Waals surface area contributed by atoms with Crippen molar-refractivity contribution in [2.45, 2.75) is 36.3 Å². The maximum Gasteiger partial charge on any atom is 0.466 e. The van der Waals surface area contributed by atoms with Crippen molar-refractivity contribution in [3.63, 3.8) is 0 Å². The fourth-order valence-electron chi connectivity index (χ4n) is 2.49. The number of hydrogen-bond donors (Lipinski definition) is 5. The molecule has 2 rings (SSSR count). The van der Waals surface area contributed by atoms with Gasteiger partial charge in [-0.05, 0) is 6.07 Å². The molecule has 28 heavy (non-hydrogen) atoms. The number of methoxy groups -OCH3 is 1. The van der Waals surface area contributed by atoms with Crippen molar-refractivity contribution in [3.8, 4) is 5.75 Å². The summed E-state index contributed by atoms with van der Waals surface area (Å²) in [7, 11) is -3.44. The molecule has 1 fully saturated rings. The van der Waals surface area contributed by atoms with Gasteiger partial charge in [-0.2, -0.15) is 8.42 Å². The number of para-hydroxylation sites is 1. The van der Waals surface area contributed by atoms with Gasteiger partial charge in [-0.3, -0.25) is 4.55 Å². The zero-order valence-corrected chi connectivity index (χ0v) is 16.3. The largest absolute Gasteiger partial charge is 0.496 e. The molecule has 0 radical (unpaired) electrons. The summed E-state index contributed by atoms with van der Waals surface area (Å²) in [6, 6.07) is 6.76. The van der Waals surface area contributed by atoms with Crippen molar-refractivity contribution < 1.29 is 47.2 Å². The lowest BCUT2D eigenvalue weighted by molar-refractivity contribution is -0.205. The van der Waals surface area contributed by atoms with Gasteiger partial charge >= 0.3 is 10.4 Å². The van der Waals surface area contributed by atoms with E-state index in [-0.39, 0.29) is 11.5 Å². The fraction of sp³-hybridized carbons (Fsp3) is 0.533. The SMILES string of the molecule is COc1ccccc1C/C(=N\OS(=O)(=O)O)S[C@H]1O[C@H](CO)[C@@H](O)[C@H](O)[C@H]1O. The Morgan fingerprint density at radius 1 is 1.21 bits per heavy atom. The van der Waals surface area contributed by atoms with Gasteiger partial charge < -0.3 is 29.9 Å². The molecule has 0 saturated carbocycles. The van der Waals surface area contributed by atoms with Crippen molar-refractivity contribution in [1.82, 2.24) is 0 Å². The number of rotatable bonds is 7. The van der Waals surface area contributed by atoms with Gasteiger partial charge in [0.25, 0.3) is 0 Å². The Hall–Kier alpha value is -1.45. The van der Waals surface area contributed by atoms with Crippen molar-refractivity contribution in [2.75, 3.05) is 13.7 Å². The predicted octanol–water partition coefficient (Wildman–Crippen LogP) is -1.10. The number of ether oxygens (including phenoxy) is 2. The quantitative estimate of drug-likeness (QED) is 0.151. The summed E-state index contributed by atoms with van der Waals surface area (Å²) in [5.74, 6) is 0.469. The molecule has 0 aromatic heterocycles. The van der Waals surface area contributed by atoms with Gasteiger partial charge in [-0.15, -0.1) is 0 Å². The molecule has 11 nitrogen and oxygen atoms in total. The van der Waals surface area contributed by atoms with Crippen LogP contribution in [0.4, 0.5) is 0 Å². The minimum Gasteiger partial charge on any atom is -0.496 e. The second kappa shape index (κ2) is 9.84. The Bertz CT molecular complexity index is 785. The molecule has 1 heterocycles. The van der Waals surface area contributed by atoms with Gasteiger partial charge in [-0.25, -0.2) is 4.28 Å². The van der Waals surface area contributed by atoms with E-state index in [0.29, 0.717) is 23.1 Å². The zero-order chi connectivity index (χ0) is 20.9. The Labute approximate surface area is 165 Å². The highest BCUT2D eigenvalue weighted by Crippen LogP contribution is 2.31. The molecule has 1 aliphatic heterocycles. The second-order valence-corrected chi connectivity index (χ2v) is 7.97. The average molecular weight is 439 g/mol. The summed E-state index contributed by atoms with van der Waals surface area (Å²) in [6.07, 6.45) is -5.90. The molecular formula is C15H21NO10S2. The third kappa shape index (κ3) is 6.02. The van der Waals surface area contributed by atoms with E-state index in [9.17, 15) is 28.8 Å². The minimum absolute atomic E-state index is 0.0286. The summed E-state index contributed by atoms with van der Waals surface area (Å²) < 4.78 is 45.1. The maximum absolute atomic E-state index is 10.9. The van der Waals surface area contributed by atoms with Gasteiger partial charge in [0, 0.05) is 12.0 Å². The van der Waals surface area contributed by atoms with Crippen molar-refractivity contribution >= 4 is 27.2 Å². The van der Waals surface area contributed by atoms with Crippen LogP contribution in [0.25, 0.3) is 0 Å². The van der Waals surface area contributed by atoms with E-state index in [4.69, 9.17) is 14.0 Å². The lowest BCUT2D eigenvalue weighted by Crippen LogP contribution is -2.57. The van der Waals surface area contributed by atoms with Crippen LogP contribution in [0.3, 0.4) is 0 Å². The number of hydrogen-bond acceptors (Lipinski definition) is 11. The summed E-state index contributed by atoms with van der Waals surface area (Å²) in [6.45, 7) is -0.623. The van der Waals surface area contributed by atoms with Gasteiger partial charge in [-0.1, -0.05) is 35.1 Å². The number of nitrogens with zero attached hydrogens (tertiary/aromatic N) is 1. The van der Waals surface area contributed by atoms with E-state index in [0.717, 1.165) is 0 Å². The lowest BCUT2D eigenvalue weighted by Gasteiger charge is -2.39. The number of aliphatic hydroxyl groups is 4. The van der Waals surface area contributed by atoms with E-state index in [1.165, 1.54) is 7.11 Å². The van der Waals surface area contributed by atoms with Crippen LogP contribution < -0.4 is 4.74 Å². The van der Waals surface area contributed by atoms with Crippen LogP contribution in [-0.4, -0.2) is 82.0 Å². The fourth-order valence-corrected chi connectivity index (χ4v) is 3.81. The van der Waals surface area contributed by atoms with Crippen LogP contribution in [0.5, 0.6) is 5.75 Å². The number of benzene rings is 1. The van der Waals surface area contributed by atoms with E-state index >= 15 is 0 Å². The Balaban J connectivity index is 2.26. The molecule has 1 aromatic rings. The van der Waals surface area contributed by atoms with Crippen molar-refractivity contribution in [1.29, 1.82) is 0 Å². The summed E-state index contributed by atoms with van der Waals surface area (Å²) in [5, 5.41) is 42.4. The second-order valence-electron chi connectivity index (χ2n) is 5.79. The van der Waals surface area contributed by atoms with Crippen LogP contribution in [0.2, 0.25) is 0 Å². The molecular weight excluding hydrogens is 418 g/mol. The zero-order valence-electron chi connectivity index (χ0n) is 14.7. The van der Waals surface area contributed by atoms with E-state index in [1.54, 1.807) is 24.3 Å². The van der Waals surface area contributed by atoms with Crippen LogP contribution in [-0.2, 0) is 25.8 Å².